The van der Waals surface area contributed by atoms with E-state index in [1.807, 2.05) is 38.1 Å². The van der Waals surface area contributed by atoms with Gasteiger partial charge < -0.3 is 9.88 Å². The smallest absolute Gasteiger partial charge is 0.269 e. The van der Waals surface area contributed by atoms with Crippen molar-refractivity contribution in [2.45, 2.75) is 13.8 Å². The lowest BCUT2D eigenvalue weighted by Gasteiger charge is -2.12. The number of nitrogens with one attached hydrogen (secondary N) is 1. The monoisotopic (exact) mass is 345 g/mol. The molecule has 0 unspecified atom stereocenters. The lowest BCUT2D eigenvalue weighted by Crippen LogP contribution is -2.29. The van der Waals surface area contributed by atoms with Crippen LogP contribution in [0.5, 0.6) is 0 Å². The fourth-order valence-corrected chi connectivity index (χ4v) is 2.36. The normalized spacial score (nSPS) is 10.4. The molecule has 1 aromatic carbocycles. The van der Waals surface area contributed by atoms with Gasteiger partial charge in [0.15, 0.2) is 0 Å². The molecule has 0 aliphatic rings. The SMILES string of the molecule is CC(C)CNC(=O)c1c(C#N)ccn1-c1cccc(Br)c1. The number of hydrogen-bond donors (Lipinski definition) is 1. The Morgan fingerprint density at radius 3 is 2.81 bits per heavy atom. The molecule has 0 saturated heterocycles. The fourth-order valence-electron chi connectivity index (χ4n) is 1.98. The van der Waals surface area contributed by atoms with Crippen LogP contribution in [0.2, 0.25) is 0 Å². The minimum Gasteiger partial charge on any atom is -0.350 e. The second-order valence-corrected chi connectivity index (χ2v) is 6.06. The minimum absolute atomic E-state index is 0.231. The number of rotatable bonds is 4. The van der Waals surface area contributed by atoms with Crippen LogP contribution >= 0.6 is 15.9 Å². The zero-order valence-corrected chi connectivity index (χ0v) is 13.5. The summed E-state index contributed by atoms with van der Waals surface area (Å²) >= 11 is 3.42. The van der Waals surface area contributed by atoms with Crippen molar-refractivity contribution in [1.82, 2.24) is 9.88 Å². The molecule has 21 heavy (non-hydrogen) atoms. The Labute approximate surface area is 132 Å². The molecule has 4 nitrogen and oxygen atoms in total. The Kier molecular flexibility index (Phi) is 4.81. The summed E-state index contributed by atoms with van der Waals surface area (Å²) in [6, 6.07) is 11.3. The largest absolute Gasteiger partial charge is 0.350 e. The van der Waals surface area contributed by atoms with Crippen molar-refractivity contribution in [3.63, 3.8) is 0 Å². The summed E-state index contributed by atoms with van der Waals surface area (Å²) in [6.07, 6.45) is 1.74. The van der Waals surface area contributed by atoms with Crippen molar-refractivity contribution < 1.29 is 4.79 Å². The van der Waals surface area contributed by atoms with Gasteiger partial charge in [-0.25, -0.2) is 0 Å². The number of carbonyl (C=O) groups is 1. The highest BCUT2D eigenvalue weighted by Gasteiger charge is 2.18. The first-order valence-corrected chi connectivity index (χ1v) is 7.48. The molecule has 5 heteroatoms. The number of aromatic nitrogens is 1. The van der Waals surface area contributed by atoms with Gasteiger partial charge in [0.25, 0.3) is 5.91 Å². The summed E-state index contributed by atoms with van der Waals surface area (Å²) in [4.78, 5) is 12.4. The number of hydrogen-bond acceptors (Lipinski definition) is 2. The maximum absolute atomic E-state index is 12.4. The number of nitriles is 1. The molecule has 0 saturated carbocycles. The third-order valence-electron chi connectivity index (χ3n) is 2.98. The van der Waals surface area contributed by atoms with E-state index in [2.05, 4.69) is 27.3 Å². The van der Waals surface area contributed by atoms with E-state index in [1.54, 1.807) is 16.8 Å². The van der Waals surface area contributed by atoms with Gasteiger partial charge in [-0.05, 0) is 30.2 Å². The molecule has 2 aromatic rings. The van der Waals surface area contributed by atoms with Crippen LogP contribution in [0.15, 0.2) is 41.0 Å². The van der Waals surface area contributed by atoms with Crippen molar-refractivity contribution in [3.05, 3.63) is 52.3 Å². The topological polar surface area (TPSA) is 57.8 Å². The van der Waals surface area contributed by atoms with Gasteiger partial charge in [-0.3, -0.25) is 4.79 Å². The van der Waals surface area contributed by atoms with E-state index in [0.717, 1.165) is 10.2 Å². The molecule has 0 aliphatic carbocycles. The van der Waals surface area contributed by atoms with Gasteiger partial charge >= 0.3 is 0 Å². The average molecular weight is 346 g/mol. The highest BCUT2D eigenvalue weighted by Crippen LogP contribution is 2.20. The Morgan fingerprint density at radius 1 is 1.43 bits per heavy atom. The third-order valence-corrected chi connectivity index (χ3v) is 3.47. The number of nitrogens with zero attached hydrogens (tertiary/aromatic N) is 2. The summed E-state index contributed by atoms with van der Waals surface area (Å²) in [6.45, 7) is 4.63. The van der Waals surface area contributed by atoms with Crippen LogP contribution in [0.1, 0.15) is 29.9 Å². The Hall–Kier alpha value is -2.06. The second kappa shape index (κ2) is 6.59. The number of carbonyl (C=O) groups excluding carboxylic acids is 1. The Balaban J connectivity index is 2.42. The van der Waals surface area contributed by atoms with Gasteiger partial charge in [-0.15, -0.1) is 0 Å². The zero-order chi connectivity index (χ0) is 15.4. The van der Waals surface area contributed by atoms with E-state index < -0.39 is 0 Å². The standard InChI is InChI=1S/C16H16BrN3O/c1-11(2)10-19-16(21)15-12(9-18)6-7-20(15)14-5-3-4-13(17)8-14/h3-8,11H,10H2,1-2H3,(H,19,21). The predicted molar refractivity (Wildman–Crippen MR) is 85.4 cm³/mol. The van der Waals surface area contributed by atoms with Crippen LogP contribution in [-0.4, -0.2) is 17.0 Å². The number of amides is 1. The van der Waals surface area contributed by atoms with E-state index in [9.17, 15) is 10.1 Å². The molecule has 1 heterocycles. The molecule has 0 atom stereocenters. The highest BCUT2D eigenvalue weighted by atomic mass is 79.9. The highest BCUT2D eigenvalue weighted by molar-refractivity contribution is 9.10. The molecule has 1 amide bonds. The van der Waals surface area contributed by atoms with E-state index in [1.165, 1.54) is 0 Å². The van der Waals surface area contributed by atoms with Crippen LogP contribution in [0.3, 0.4) is 0 Å². The molecule has 0 aliphatic heterocycles. The van der Waals surface area contributed by atoms with Crippen molar-refractivity contribution in [1.29, 1.82) is 5.26 Å². The van der Waals surface area contributed by atoms with Crippen LogP contribution in [-0.2, 0) is 0 Å². The van der Waals surface area contributed by atoms with Crippen molar-refractivity contribution in [2.75, 3.05) is 6.54 Å². The summed E-state index contributed by atoms with van der Waals surface area (Å²) in [7, 11) is 0. The van der Waals surface area contributed by atoms with E-state index in [0.29, 0.717) is 23.7 Å². The molecule has 1 aromatic heterocycles. The van der Waals surface area contributed by atoms with Crippen molar-refractivity contribution >= 4 is 21.8 Å². The molecule has 0 spiro atoms. The van der Waals surface area contributed by atoms with Gasteiger partial charge in [0, 0.05) is 22.9 Å². The van der Waals surface area contributed by atoms with Gasteiger partial charge in [-0.1, -0.05) is 35.8 Å². The van der Waals surface area contributed by atoms with Gasteiger partial charge in [0.05, 0.1) is 5.56 Å². The molecule has 1 N–H and O–H groups in total. The summed E-state index contributed by atoms with van der Waals surface area (Å²) in [5.41, 5.74) is 1.58. The zero-order valence-electron chi connectivity index (χ0n) is 11.9. The van der Waals surface area contributed by atoms with Crippen molar-refractivity contribution in [3.8, 4) is 11.8 Å². The number of halogens is 1. The second-order valence-electron chi connectivity index (χ2n) is 5.14. The van der Waals surface area contributed by atoms with Crippen molar-refractivity contribution in [2.24, 2.45) is 5.92 Å². The molecular formula is C16H16BrN3O. The molecule has 2 rings (SSSR count). The Bertz CT molecular complexity index is 698. The Morgan fingerprint density at radius 2 is 2.19 bits per heavy atom. The van der Waals surface area contributed by atoms with E-state index in [-0.39, 0.29) is 5.91 Å². The van der Waals surface area contributed by atoms with Gasteiger partial charge in [-0.2, -0.15) is 5.26 Å². The quantitative estimate of drug-likeness (QED) is 0.921. The summed E-state index contributed by atoms with van der Waals surface area (Å²) < 4.78 is 2.65. The van der Waals surface area contributed by atoms with Crippen LogP contribution < -0.4 is 5.32 Å². The van der Waals surface area contributed by atoms with E-state index >= 15 is 0 Å². The van der Waals surface area contributed by atoms with Gasteiger partial charge in [0.2, 0.25) is 0 Å². The molecule has 0 bridgehead atoms. The summed E-state index contributed by atoms with van der Waals surface area (Å²) in [5.74, 6) is 0.124. The van der Waals surface area contributed by atoms with E-state index in [4.69, 9.17) is 0 Å². The maximum atomic E-state index is 12.4. The van der Waals surface area contributed by atoms with Crippen LogP contribution in [0.4, 0.5) is 0 Å². The first kappa shape index (κ1) is 15.3. The molecular weight excluding hydrogens is 330 g/mol. The minimum atomic E-state index is -0.231. The predicted octanol–water partition coefficient (Wildman–Crippen LogP) is 3.50. The lowest BCUT2D eigenvalue weighted by atomic mass is 10.2. The van der Waals surface area contributed by atoms with Crippen LogP contribution in [0.25, 0.3) is 5.69 Å². The molecule has 0 radical (unpaired) electrons. The summed E-state index contributed by atoms with van der Waals surface area (Å²) in [5, 5.41) is 12.1. The number of benzene rings is 1. The molecule has 0 fully saturated rings. The molecule has 108 valence electrons. The van der Waals surface area contributed by atoms with Gasteiger partial charge in [0.1, 0.15) is 11.8 Å². The average Bonchev–Trinajstić information content (AvgIpc) is 2.88. The third kappa shape index (κ3) is 3.53. The fraction of sp³-hybridized carbons (Fsp3) is 0.250. The lowest BCUT2D eigenvalue weighted by molar-refractivity contribution is 0.0942. The maximum Gasteiger partial charge on any atom is 0.269 e. The first-order chi connectivity index (χ1) is 10.0. The van der Waals surface area contributed by atoms with Crippen LogP contribution in [0, 0.1) is 17.2 Å². The first-order valence-electron chi connectivity index (χ1n) is 6.68.